The van der Waals surface area contributed by atoms with Crippen LogP contribution >= 0.6 is 11.8 Å². The van der Waals surface area contributed by atoms with Crippen LogP contribution in [0.15, 0.2) is 33.7 Å². The van der Waals surface area contributed by atoms with Crippen LogP contribution in [-0.2, 0) is 11.3 Å². The van der Waals surface area contributed by atoms with Crippen molar-refractivity contribution in [2.75, 3.05) is 14.2 Å². The van der Waals surface area contributed by atoms with Gasteiger partial charge in [-0.25, -0.2) is 4.98 Å². The lowest BCUT2D eigenvalue weighted by Gasteiger charge is -2.18. The Bertz CT molecular complexity index is 996. The van der Waals surface area contributed by atoms with E-state index >= 15 is 0 Å². The summed E-state index contributed by atoms with van der Waals surface area (Å²) in [6.07, 6.45) is 7.76. The van der Waals surface area contributed by atoms with Gasteiger partial charge in [0.1, 0.15) is 5.78 Å². The number of ether oxygens (including phenoxy) is 2. The molecular formula is C22H28N2O4S. The summed E-state index contributed by atoms with van der Waals surface area (Å²) in [7, 11) is 3.10. The van der Waals surface area contributed by atoms with Crippen molar-refractivity contribution >= 4 is 28.4 Å². The molecule has 1 atom stereocenters. The topological polar surface area (TPSA) is 70.4 Å². The molecule has 0 bridgehead atoms. The van der Waals surface area contributed by atoms with E-state index in [1.165, 1.54) is 30.2 Å². The molecule has 7 heteroatoms. The van der Waals surface area contributed by atoms with Crippen LogP contribution in [0.5, 0.6) is 11.5 Å². The Kier molecular flexibility index (Phi) is 7.00. The van der Waals surface area contributed by atoms with Gasteiger partial charge in [0.15, 0.2) is 16.7 Å². The average Bonchev–Trinajstić information content (AvgIpc) is 2.73. The molecule has 1 aromatic heterocycles. The number of fused-ring (bicyclic) bond motifs is 1. The van der Waals surface area contributed by atoms with Gasteiger partial charge < -0.3 is 9.47 Å². The van der Waals surface area contributed by atoms with Crippen LogP contribution in [0.3, 0.4) is 0 Å². The highest BCUT2D eigenvalue weighted by molar-refractivity contribution is 8.00. The molecule has 0 radical (unpaired) electrons. The first kappa shape index (κ1) is 21.4. The highest BCUT2D eigenvalue weighted by atomic mass is 32.2. The third-order valence-corrected chi connectivity index (χ3v) is 6.53. The summed E-state index contributed by atoms with van der Waals surface area (Å²) >= 11 is 1.33. The summed E-state index contributed by atoms with van der Waals surface area (Å²) in [4.78, 5) is 29.9. The fourth-order valence-electron chi connectivity index (χ4n) is 3.44. The quantitative estimate of drug-likeness (QED) is 0.361. The molecule has 0 saturated carbocycles. The Labute approximate surface area is 175 Å². The summed E-state index contributed by atoms with van der Waals surface area (Å²) in [6, 6.07) is 3.40. The predicted octanol–water partition coefficient (Wildman–Crippen LogP) is 4.37. The molecule has 3 rings (SSSR count). The van der Waals surface area contributed by atoms with Gasteiger partial charge in [-0.2, -0.15) is 0 Å². The number of carbonyl (C=O) groups is 1. The Hall–Kier alpha value is -2.28. The van der Waals surface area contributed by atoms with Crippen molar-refractivity contribution in [2.45, 2.75) is 62.9 Å². The second kappa shape index (κ2) is 9.48. The highest BCUT2D eigenvalue weighted by Gasteiger charge is 2.19. The largest absolute Gasteiger partial charge is 0.493 e. The maximum absolute atomic E-state index is 13.3. The van der Waals surface area contributed by atoms with Gasteiger partial charge in [-0.3, -0.25) is 14.2 Å². The van der Waals surface area contributed by atoms with Crippen molar-refractivity contribution in [3.05, 3.63) is 34.1 Å². The molecule has 0 aliphatic heterocycles. The van der Waals surface area contributed by atoms with Gasteiger partial charge in [0.2, 0.25) is 0 Å². The zero-order valence-electron chi connectivity index (χ0n) is 17.5. The first-order chi connectivity index (χ1) is 13.9. The Morgan fingerprint density at radius 2 is 1.97 bits per heavy atom. The van der Waals surface area contributed by atoms with Crippen molar-refractivity contribution < 1.29 is 14.3 Å². The van der Waals surface area contributed by atoms with Crippen molar-refractivity contribution in [3.8, 4) is 11.5 Å². The van der Waals surface area contributed by atoms with E-state index in [0.717, 1.165) is 19.3 Å². The highest BCUT2D eigenvalue weighted by Crippen LogP contribution is 2.32. The number of carbonyl (C=O) groups excluding carboxylic acids is 1. The maximum atomic E-state index is 13.3. The van der Waals surface area contributed by atoms with Crippen LogP contribution in [-0.4, -0.2) is 34.8 Å². The summed E-state index contributed by atoms with van der Waals surface area (Å²) in [5.41, 5.74) is 1.82. The number of Topliss-reactive ketones (excluding diaryl/α,β-unsaturated/α-hetero) is 1. The van der Waals surface area contributed by atoms with Crippen molar-refractivity contribution in [1.29, 1.82) is 0 Å². The molecule has 2 aromatic rings. The van der Waals surface area contributed by atoms with Gasteiger partial charge in [0.05, 0.1) is 30.4 Å². The normalized spacial score (nSPS) is 15.1. The second-order valence-corrected chi connectivity index (χ2v) is 8.61. The predicted molar refractivity (Wildman–Crippen MR) is 116 cm³/mol. The van der Waals surface area contributed by atoms with E-state index in [0.29, 0.717) is 34.1 Å². The first-order valence-electron chi connectivity index (χ1n) is 9.96. The molecule has 0 fully saturated rings. The Morgan fingerprint density at radius 3 is 2.59 bits per heavy atom. The molecule has 0 spiro atoms. The van der Waals surface area contributed by atoms with E-state index in [9.17, 15) is 9.59 Å². The summed E-state index contributed by atoms with van der Waals surface area (Å²) in [6.45, 7) is 3.95. The molecule has 0 amide bonds. The van der Waals surface area contributed by atoms with Crippen LogP contribution in [0.4, 0.5) is 0 Å². The molecule has 6 nitrogen and oxygen atoms in total. The number of hydrogen-bond acceptors (Lipinski definition) is 6. The molecule has 1 aliphatic carbocycles. The molecule has 0 unspecified atom stereocenters. The van der Waals surface area contributed by atoms with Crippen molar-refractivity contribution in [2.24, 2.45) is 0 Å². The monoisotopic (exact) mass is 416 g/mol. The Morgan fingerprint density at radius 1 is 1.24 bits per heavy atom. The van der Waals surface area contributed by atoms with Gasteiger partial charge in [-0.15, -0.1) is 0 Å². The van der Waals surface area contributed by atoms with Crippen LogP contribution in [0.25, 0.3) is 10.9 Å². The molecular weight excluding hydrogens is 388 g/mol. The second-order valence-electron chi connectivity index (χ2n) is 7.30. The molecule has 0 N–H and O–H groups in total. The minimum Gasteiger partial charge on any atom is -0.493 e. The number of hydrogen-bond donors (Lipinski definition) is 0. The summed E-state index contributed by atoms with van der Waals surface area (Å²) < 4.78 is 12.4. The lowest BCUT2D eigenvalue weighted by Crippen LogP contribution is -2.25. The lowest BCUT2D eigenvalue weighted by atomic mass is 9.97. The van der Waals surface area contributed by atoms with Gasteiger partial charge in [-0.1, -0.05) is 23.4 Å². The third kappa shape index (κ3) is 4.83. The number of nitrogens with zero attached hydrogens (tertiary/aromatic N) is 2. The van der Waals surface area contributed by atoms with Gasteiger partial charge in [-0.05, 0) is 52.0 Å². The standard InChI is InChI=1S/C22H28N2O4S/c1-14(25)15(2)29-22-23-18-13-20(28-4)19(27-3)12-17(18)21(26)24(22)11-10-16-8-6-5-7-9-16/h8,12-13,15H,5-7,9-11H2,1-4H3/t15-/m0/s1. The van der Waals surface area contributed by atoms with E-state index in [1.807, 2.05) is 6.92 Å². The number of benzene rings is 1. The minimum atomic E-state index is -0.278. The number of rotatable bonds is 8. The number of methoxy groups -OCH3 is 2. The fourth-order valence-corrected chi connectivity index (χ4v) is 4.38. The molecule has 156 valence electrons. The number of allylic oxidation sites excluding steroid dienone is 2. The maximum Gasteiger partial charge on any atom is 0.262 e. The summed E-state index contributed by atoms with van der Waals surface area (Å²) in [5.74, 6) is 1.07. The molecule has 1 aliphatic rings. The number of thioether (sulfide) groups is 1. The van der Waals surface area contributed by atoms with E-state index in [1.54, 1.807) is 37.8 Å². The van der Waals surface area contributed by atoms with E-state index in [4.69, 9.17) is 14.5 Å². The van der Waals surface area contributed by atoms with E-state index in [2.05, 4.69) is 6.08 Å². The van der Waals surface area contributed by atoms with E-state index in [-0.39, 0.29) is 16.6 Å². The van der Waals surface area contributed by atoms with Crippen molar-refractivity contribution in [3.63, 3.8) is 0 Å². The Balaban J connectivity index is 2.08. The number of ketones is 1. The van der Waals surface area contributed by atoms with Crippen LogP contribution in [0.1, 0.15) is 46.0 Å². The lowest BCUT2D eigenvalue weighted by molar-refractivity contribution is -0.116. The fraction of sp³-hybridized carbons (Fsp3) is 0.500. The van der Waals surface area contributed by atoms with Crippen LogP contribution in [0.2, 0.25) is 0 Å². The van der Waals surface area contributed by atoms with Crippen LogP contribution < -0.4 is 15.0 Å². The minimum absolute atomic E-state index is 0.0539. The SMILES string of the molecule is COc1cc2nc(S[C@@H](C)C(C)=O)n(CCC3=CCCCC3)c(=O)c2cc1OC. The van der Waals surface area contributed by atoms with E-state index < -0.39 is 0 Å². The van der Waals surface area contributed by atoms with Gasteiger partial charge in [0.25, 0.3) is 5.56 Å². The summed E-state index contributed by atoms with van der Waals surface area (Å²) in [5, 5.41) is 0.772. The average molecular weight is 417 g/mol. The molecule has 0 saturated heterocycles. The smallest absolute Gasteiger partial charge is 0.262 e. The molecule has 29 heavy (non-hydrogen) atoms. The van der Waals surface area contributed by atoms with Crippen LogP contribution in [0, 0.1) is 0 Å². The number of aromatic nitrogens is 2. The van der Waals surface area contributed by atoms with Gasteiger partial charge in [0, 0.05) is 12.6 Å². The van der Waals surface area contributed by atoms with Crippen molar-refractivity contribution in [1.82, 2.24) is 9.55 Å². The first-order valence-corrected chi connectivity index (χ1v) is 10.8. The third-order valence-electron chi connectivity index (χ3n) is 5.32. The molecule has 1 aromatic carbocycles. The molecule has 1 heterocycles. The van der Waals surface area contributed by atoms with Gasteiger partial charge >= 0.3 is 0 Å². The zero-order valence-corrected chi connectivity index (χ0v) is 18.3. The zero-order chi connectivity index (χ0) is 21.0.